The van der Waals surface area contributed by atoms with Gasteiger partial charge in [-0.05, 0) is 18.2 Å². The van der Waals surface area contributed by atoms with Crippen LogP contribution in [0.1, 0.15) is 5.56 Å². The number of aromatic nitrogens is 2. The molecule has 1 saturated heterocycles. The summed E-state index contributed by atoms with van der Waals surface area (Å²) in [5.41, 5.74) is 1.85. The number of carbonyl (C=O) groups is 1. The molecule has 1 fully saturated rings. The van der Waals surface area contributed by atoms with Crippen LogP contribution in [0.2, 0.25) is 0 Å². The fourth-order valence-electron chi connectivity index (χ4n) is 1.79. The number of thiocarbonyl (C=S) groups is 1. The maximum atomic E-state index is 11.7. The topological polar surface area (TPSA) is 46.9 Å². The first-order valence-electron chi connectivity index (χ1n) is 5.58. The van der Waals surface area contributed by atoms with Crippen LogP contribution in [0, 0.1) is 0 Å². The minimum atomic E-state index is -0.148. The van der Waals surface area contributed by atoms with Gasteiger partial charge in [0.15, 0.2) is 0 Å². The normalized spacial score (nSPS) is 16.9. The molecule has 1 aliphatic rings. The summed E-state index contributed by atoms with van der Waals surface area (Å²) in [6.07, 6.45) is 5.41. The van der Waals surface area contributed by atoms with Crippen LogP contribution >= 0.6 is 24.0 Å². The van der Waals surface area contributed by atoms with Crippen molar-refractivity contribution in [1.82, 2.24) is 15.1 Å². The molecule has 1 amide bonds. The van der Waals surface area contributed by atoms with Gasteiger partial charge in [-0.15, -0.1) is 0 Å². The first kappa shape index (κ1) is 12.1. The second-order valence-corrected chi connectivity index (χ2v) is 5.58. The maximum Gasteiger partial charge on any atom is 0.263 e. The van der Waals surface area contributed by atoms with Crippen molar-refractivity contribution in [2.75, 3.05) is 0 Å². The van der Waals surface area contributed by atoms with Crippen LogP contribution in [0.5, 0.6) is 0 Å². The van der Waals surface area contributed by atoms with Crippen molar-refractivity contribution >= 4 is 40.3 Å². The van der Waals surface area contributed by atoms with E-state index < -0.39 is 0 Å². The van der Waals surface area contributed by atoms with Crippen molar-refractivity contribution in [3.8, 4) is 5.69 Å². The molecule has 0 bridgehead atoms. The van der Waals surface area contributed by atoms with E-state index in [0.29, 0.717) is 9.23 Å². The van der Waals surface area contributed by atoms with E-state index in [1.165, 1.54) is 11.8 Å². The van der Waals surface area contributed by atoms with E-state index in [0.717, 1.165) is 11.3 Å². The molecule has 2 aromatic rings. The molecule has 94 valence electrons. The molecular weight excluding hydrogens is 278 g/mol. The van der Waals surface area contributed by atoms with Crippen molar-refractivity contribution < 1.29 is 4.79 Å². The van der Waals surface area contributed by atoms with Crippen molar-refractivity contribution in [3.05, 3.63) is 53.2 Å². The number of amides is 1. The van der Waals surface area contributed by atoms with Crippen molar-refractivity contribution in [2.24, 2.45) is 0 Å². The number of para-hydroxylation sites is 1. The highest BCUT2D eigenvalue weighted by Gasteiger charge is 2.22. The lowest BCUT2D eigenvalue weighted by atomic mass is 10.1. The lowest BCUT2D eigenvalue weighted by molar-refractivity contribution is -0.115. The summed E-state index contributed by atoms with van der Waals surface area (Å²) in [5.74, 6) is -0.148. The first-order chi connectivity index (χ1) is 9.24. The molecule has 0 unspecified atom stereocenters. The molecule has 3 rings (SSSR count). The Morgan fingerprint density at radius 1 is 1.32 bits per heavy atom. The number of rotatable bonds is 2. The van der Waals surface area contributed by atoms with Gasteiger partial charge in [0.25, 0.3) is 5.91 Å². The Bertz CT molecular complexity index is 677. The lowest BCUT2D eigenvalue weighted by Crippen LogP contribution is -2.17. The van der Waals surface area contributed by atoms with E-state index in [1.54, 1.807) is 10.9 Å². The number of nitrogens with zero attached hydrogens (tertiary/aromatic N) is 2. The molecule has 0 radical (unpaired) electrons. The highest BCUT2D eigenvalue weighted by atomic mass is 32.2. The van der Waals surface area contributed by atoms with Gasteiger partial charge >= 0.3 is 0 Å². The minimum absolute atomic E-state index is 0.148. The minimum Gasteiger partial charge on any atom is -0.307 e. The van der Waals surface area contributed by atoms with Crippen LogP contribution < -0.4 is 5.32 Å². The summed E-state index contributed by atoms with van der Waals surface area (Å²) in [7, 11) is 0. The third-order valence-electron chi connectivity index (χ3n) is 2.62. The van der Waals surface area contributed by atoms with Gasteiger partial charge in [-0.25, -0.2) is 4.68 Å². The fraction of sp³-hybridized carbons (Fsp3) is 0. The zero-order valence-corrected chi connectivity index (χ0v) is 11.4. The predicted octanol–water partition coefficient (Wildman–Crippen LogP) is 2.36. The molecule has 0 saturated carbocycles. The van der Waals surface area contributed by atoms with Crippen molar-refractivity contribution in [3.63, 3.8) is 0 Å². The Morgan fingerprint density at radius 3 is 2.84 bits per heavy atom. The van der Waals surface area contributed by atoms with Crippen LogP contribution in [0.15, 0.2) is 47.6 Å². The lowest BCUT2D eigenvalue weighted by Gasteiger charge is -2.06. The molecule has 0 spiro atoms. The van der Waals surface area contributed by atoms with Crippen LogP contribution in [0.25, 0.3) is 11.8 Å². The van der Waals surface area contributed by atoms with Crippen LogP contribution in [0.4, 0.5) is 0 Å². The van der Waals surface area contributed by atoms with Gasteiger partial charge in [0.05, 0.1) is 10.6 Å². The number of benzene rings is 1. The molecular formula is C13H9N3OS2. The van der Waals surface area contributed by atoms with Crippen LogP contribution in [-0.4, -0.2) is 20.0 Å². The average molecular weight is 287 g/mol. The zero-order chi connectivity index (χ0) is 13.2. The Balaban J connectivity index is 2.05. The number of nitrogens with one attached hydrogen (secondary N) is 1. The first-order valence-corrected chi connectivity index (χ1v) is 6.80. The smallest absolute Gasteiger partial charge is 0.263 e. The van der Waals surface area contributed by atoms with Gasteiger partial charge in [-0.2, -0.15) is 5.10 Å². The zero-order valence-electron chi connectivity index (χ0n) is 9.74. The van der Waals surface area contributed by atoms with Gasteiger partial charge in [0.2, 0.25) is 0 Å². The van der Waals surface area contributed by atoms with E-state index in [1.807, 2.05) is 42.6 Å². The predicted molar refractivity (Wildman–Crippen MR) is 79.9 cm³/mol. The largest absolute Gasteiger partial charge is 0.307 e. The maximum absolute atomic E-state index is 11.7. The monoisotopic (exact) mass is 287 g/mol. The van der Waals surface area contributed by atoms with Gasteiger partial charge in [-0.1, -0.05) is 42.2 Å². The van der Waals surface area contributed by atoms with E-state index in [2.05, 4.69) is 10.4 Å². The standard InChI is InChI=1S/C13H9N3OS2/c17-12-11(19-13(18)15-12)8-9-4-1-2-5-10(9)16-7-3-6-14-16/h1-8H,(H,15,17,18)/b11-8+. The molecule has 4 nitrogen and oxygen atoms in total. The van der Waals surface area contributed by atoms with Gasteiger partial charge < -0.3 is 5.32 Å². The van der Waals surface area contributed by atoms with Crippen molar-refractivity contribution in [1.29, 1.82) is 0 Å². The summed E-state index contributed by atoms with van der Waals surface area (Å²) >= 11 is 6.25. The average Bonchev–Trinajstić information content (AvgIpc) is 3.01. The SMILES string of the molecule is O=C1NC(=S)S/C1=C/c1ccccc1-n1cccn1. The van der Waals surface area contributed by atoms with Crippen LogP contribution in [-0.2, 0) is 4.79 Å². The quantitative estimate of drug-likeness (QED) is 0.680. The van der Waals surface area contributed by atoms with E-state index >= 15 is 0 Å². The molecule has 1 N–H and O–H groups in total. The summed E-state index contributed by atoms with van der Waals surface area (Å²) < 4.78 is 2.26. The third kappa shape index (κ3) is 2.45. The number of hydrogen-bond acceptors (Lipinski definition) is 4. The second-order valence-electron chi connectivity index (χ2n) is 3.86. The second kappa shape index (κ2) is 4.99. The molecule has 0 aliphatic carbocycles. The number of hydrogen-bond donors (Lipinski definition) is 1. The fourth-order valence-corrected chi connectivity index (χ4v) is 2.83. The Kier molecular flexibility index (Phi) is 3.18. The van der Waals surface area contributed by atoms with Gasteiger partial charge in [0, 0.05) is 18.0 Å². The Morgan fingerprint density at radius 2 is 2.16 bits per heavy atom. The molecule has 1 aromatic heterocycles. The summed E-state index contributed by atoms with van der Waals surface area (Å²) in [6.45, 7) is 0. The van der Waals surface area contributed by atoms with E-state index in [4.69, 9.17) is 12.2 Å². The molecule has 19 heavy (non-hydrogen) atoms. The summed E-state index contributed by atoms with van der Waals surface area (Å²) in [6, 6.07) is 9.62. The molecule has 2 heterocycles. The van der Waals surface area contributed by atoms with E-state index in [9.17, 15) is 4.79 Å². The molecule has 1 aliphatic heterocycles. The summed E-state index contributed by atoms with van der Waals surface area (Å²) in [4.78, 5) is 12.3. The highest BCUT2D eigenvalue weighted by Crippen LogP contribution is 2.27. The van der Waals surface area contributed by atoms with Crippen LogP contribution in [0.3, 0.4) is 0 Å². The van der Waals surface area contributed by atoms with Crippen molar-refractivity contribution in [2.45, 2.75) is 0 Å². The third-order valence-corrected chi connectivity index (χ3v) is 3.78. The molecule has 6 heteroatoms. The number of carbonyl (C=O) groups excluding carboxylic acids is 1. The van der Waals surface area contributed by atoms with Gasteiger partial charge in [0.1, 0.15) is 4.32 Å². The highest BCUT2D eigenvalue weighted by molar-refractivity contribution is 8.26. The number of thioether (sulfide) groups is 1. The van der Waals surface area contributed by atoms with E-state index in [-0.39, 0.29) is 5.91 Å². The Labute approximate surface area is 119 Å². The molecule has 1 aromatic carbocycles. The van der Waals surface area contributed by atoms with Gasteiger partial charge in [-0.3, -0.25) is 4.79 Å². The summed E-state index contributed by atoms with van der Waals surface area (Å²) in [5, 5.41) is 6.82. The molecule has 0 atom stereocenters. The Hall–Kier alpha value is -1.92.